The molecule has 0 N–H and O–H groups in total. The molecule has 0 spiro atoms. The van der Waals surface area contributed by atoms with Crippen LogP contribution in [0.25, 0.3) is 0 Å². The summed E-state index contributed by atoms with van der Waals surface area (Å²) in [6.07, 6.45) is -37.7. The smallest absolute Gasteiger partial charge is 0.461 e. The molecule has 0 saturated heterocycles. The van der Waals surface area contributed by atoms with E-state index < -0.39 is 66.9 Å². The molecule has 0 aliphatic heterocycles. The summed E-state index contributed by atoms with van der Waals surface area (Å²) in [7, 11) is 0. The Balaban J connectivity index is 6.53. The van der Waals surface area contributed by atoms with Gasteiger partial charge in [0.05, 0.1) is 6.61 Å². The van der Waals surface area contributed by atoms with Crippen molar-refractivity contribution in [2.75, 3.05) is 6.61 Å². The van der Waals surface area contributed by atoms with Gasteiger partial charge in [0.1, 0.15) is 0 Å². The van der Waals surface area contributed by atoms with Gasteiger partial charge in [-0.1, -0.05) is 33.1 Å². The largest absolute Gasteiger partial charge is 0.462 e. The number of halogens is 17. The highest BCUT2D eigenvalue weighted by atomic mass is 19.4. The van der Waals surface area contributed by atoms with Crippen LogP contribution in [0.3, 0.4) is 0 Å². The summed E-state index contributed by atoms with van der Waals surface area (Å²) in [6.45, 7) is 1.75. The molecule has 0 aromatic heterocycles. The molecule has 3 atom stereocenters. The Morgan fingerprint density at radius 2 is 1.13 bits per heavy atom. The molecule has 0 rings (SSSR count). The minimum Gasteiger partial charge on any atom is -0.461 e. The van der Waals surface area contributed by atoms with Crippen molar-refractivity contribution in [2.24, 2.45) is 5.92 Å². The standard InChI is InChI=1S/C17H17F17O4/c1-3-5-6-8(4-2)7-36-9(35)10(18,13(22,23)24)37-17(33,34)12(21,15(28,29)30)38-16(31,32)11(19,20)14(25,26)27/h8H,3-7H2,1-2H3/t8-,10+,12+/m0/s1. The summed E-state index contributed by atoms with van der Waals surface area (Å²) < 4.78 is 230. The SMILES string of the molecule is CCCC[C@H](CC)COC(=O)[C@@](F)(OC(F)(F)[C@](F)(OC(F)(F)C(F)(F)C(F)(F)F)C(F)(F)F)C(F)(F)F. The number of carbonyl (C=O) groups is 1. The molecule has 0 heterocycles. The summed E-state index contributed by atoms with van der Waals surface area (Å²) in [5.41, 5.74) is 0. The molecule has 0 bridgehead atoms. The van der Waals surface area contributed by atoms with Gasteiger partial charge < -0.3 is 4.74 Å². The summed E-state index contributed by atoms with van der Waals surface area (Å²) in [5.74, 6) is -27.2. The lowest BCUT2D eigenvalue weighted by molar-refractivity contribution is -0.548. The molecule has 228 valence electrons. The second kappa shape index (κ2) is 11.4. The average molecular weight is 608 g/mol. The maximum atomic E-state index is 14.4. The molecule has 0 saturated carbocycles. The Morgan fingerprint density at radius 1 is 0.658 bits per heavy atom. The highest BCUT2D eigenvalue weighted by Crippen LogP contribution is 2.56. The molecule has 0 aliphatic carbocycles. The van der Waals surface area contributed by atoms with Crippen LogP contribution in [0.4, 0.5) is 74.6 Å². The van der Waals surface area contributed by atoms with Crippen molar-refractivity contribution in [3.05, 3.63) is 0 Å². The quantitative estimate of drug-likeness (QED) is 0.160. The average Bonchev–Trinajstić information content (AvgIpc) is 2.70. The number of carbonyl (C=O) groups excluding carboxylic acids is 1. The molecule has 0 aromatic carbocycles. The number of rotatable bonds is 13. The normalized spacial score (nSPS) is 18.5. The van der Waals surface area contributed by atoms with Gasteiger partial charge >= 0.3 is 54.3 Å². The van der Waals surface area contributed by atoms with E-state index in [4.69, 9.17) is 0 Å². The summed E-state index contributed by atoms with van der Waals surface area (Å²) in [6, 6.07) is 0. The Bertz CT molecular complexity index is 791. The van der Waals surface area contributed by atoms with E-state index >= 15 is 0 Å². The van der Waals surface area contributed by atoms with Gasteiger partial charge in [0, 0.05) is 0 Å². The predicted molar refractivity (Wildman–Crippen MR) is 87.1 cm³/mol. The molecule has 0 unspecified atom stereocenters. The van der Waals surface area contributed by atoms with E-state index in [1.165, 1.54) is 11.7 Å². The van der Waals surface area contributed by atoms with Crippen molar-refractivity contribution in [2.45, 2.75) is 87.9 Å². The number of alkyl halides is 17. The third kappa shape index (κ3) is 7.23. The summed E-state index contributed by atoms with van der Waals surface area (Å²) in [5, 5.41) is 0. The number of ether oxygens (including phenoxy) is 3. The first-order valence-corrected chi connectivity index (χ1v) is 9.87. The van der Waals surface area contributed by atoms with Crippen LogP contribution in [0.5, 0.6) is 0 Å². The van der Waals surface area contributed by atoms with Crippen LogP contribution in [-0.4, -0.2) is 61.0 Å². The minimum absolute atomic E-state index is 0.00634. The third-order valence-electron chi connectivity index (χ3n) is 4.62. The van der Waals surface area contributed by atoms with E-state index in [-0.39, 0.29) is 12.8 Å². The van der Waals surface area contributed by atoms with Gasteiger partial charge in [-0.15, -0.1) is 0 Å². The Labute approximate surface area is 201 Å². The second-order valence-electron chi connectivity index (χ2n) is 7.51. The van der Waals surface area contributed by atoms with Crippen molar-refractivity contribution in [1.82, 2.24) is 0 Å². The lowest BCUT2D eigenvalue weighted by atomic mass is 10.0. The molecule has 0 radical (unpaired) electrons. The van der Waals surface area contributed by atoms with Gasteiger partial charge in [0.2, 0.25) is 0 Å². The molecular formula is C17H17F17O4. The highest BCUT2D eigenvalue weighted by molar-refractivity contribution is 5.78. The van der Waals surface area contributed by atoms with Crippen LogP contribution in [0.15, 0.2) is 0 Å². The first-order chi connectivity index (χ1) is 16.6. The van der Waals surface area contributed by atoms with Gasteiger partial charge in [-0.05, 0) is 12.3 Å². The van der Waals surface area contributed by atoms with Gasteiger partial charge in [-0.3, -0.25) is 9.47 Å². The fourth-order valence-corrected chi connectivity index (χ4v) is 2.33. The monoisotopic (exact) mass is 608 g/mol. The van der Waals surface area contributed by atoms with Crippen LogP contribution >= 0.6 is 0 Å². The Kier molecular flexibility index (Phi) is 10.8. The van der Waals surface area contributed by atoms with Crippen LogP contribution in [0.2, 0.25) is 0 Å². The molecule has 0 fully saturated rings. The molecule has 0 aliphatic rings. The minimum atomic E-state index is -8.05. The zero-order valence-corrected chi connectivity index (χ0v) is 18.7. The third-order valence-corrected chi connectivity index (χ3v) is 4.62. The fraction of sp³-hybridized carbons (Fsp3) is 0.941. The molecular weight excluding hydrogens is 591 g/mol. The zero-order valence-electron chi connectivity index (χ0n) is 18.7. The number of unbranched alkanes of at least 4 members (excludes halogenated alkanes) is 1. The number of hydrogen-bond donors (Lipinski definition) is 0. The first kappa shape index (κ1) is 36.2. The van der Waals surface area contributed by atoms with Crippen LogP contribution in [0, 0.1) is 5.92 Å². The zero-order chi connectivity index (χ0) is 30.8. The van der Waals surface area contributed by atoms with Gasteiger partial charge in [-0.2, -0.15) is 74.6 Å². The topological polar surface area (TPSA) is 44.8 Å². The van der Waals surface area contributed by atoms with Crippen molar-refractivity contribution in [3.8, 4) is 0 Å². The Morgan fingerprint density at radius 3 is 1.47 bits per heavy atom. The van der Waals surface area contributed by atoms with Crippen LogP contribution in [-0.2, 0) is 19.0 Å². The second-order valence-corrected chi connectivity index (χ2v) is 7.51. The van der Waals surface area contributed by atoms with Crippen LogP contribution in [0.1, 0.15) is 39.5 Å². The van der Waals surface area contributed by atoms with Crippen molar-refractivity contribution >= 4 is 5.97 Å². The molecule has 0 aromatic rings. The summed E-state index contributed by atoms with van der Waals surface area (Å²) in [4.78, 5) is 11.6. The lowest BCUT2D eigenvalue weighted by Crippen LogP contribution is -2.68. The molecule has 21 heteroatoms. The predicted octanol–water partition coefficient (Wildman–Crippen LogP) is 7.62. The van der Waals surface area contributed by atoms with Gasteiger partial charge in [-0.25, -0.2) is 4.79 Å². The van der Waals surface area contributed by atoms with E-state index in [1.54, 1.807) is 6.92 Å². The van der Waals surface area contributed by atoms with Crippen molar-refractivity contribution in [3.63, 3.8) is 0 Å². The van der Waals surface area contributed by atoms with Gasteiger partial charge in [0.25, 0.3) is 0 Å². The van der Waals surface area contributed by atoms with Crippen LogP contribution < -0.4 is 0 Å². The van der Waals surface area contributed by atoms with E-state index in [0.717, 1.165) is 0 Å². The fourth-order valence-electron chi connectivity index (χ4n) is 2.33. The van der Waals surface area contributed by atoms with Crippen molar-refractivity contribution in [1.29, 1.82) is 0 Å². The van der Waals surface area contributed by atoms with Crippen molar-refractivity contribution < 1.29 is 93.6 Å². The molecule has 4 nitrogen and oxygen atoms in total. The van der Waals surface area contributed by atoms with Gasteiger partial charge in [0.15, 0.2) is 0 Å². The Hall–Kier alpha value is -1.80. The van der Waals surface area contributed by atoms with E-state index in [0.29, 0.717) is 12.8 Å². The number of esters is 1. The van der Waals surface area contributed by atoms with E-state index in [2.05, 4.69) is 4.74 Å². The summed E-state index contributed by atoms with van der Waals surface area (Å²) >= 11 is 0. The lowest BCUT2D eigenvalue weighted by Gasteiger charge is -2.39. The molecule has 38 heavy (non-hydrogen) atoms. The van der Waals surface area contributed by atoms with E-state index in [9.17, 15) is 79.4 Å². The maximum absolute atomic E-state index is 14.4. The molecule has 0 amide bonds. The van der Waals surface area contributed by atoms with E-state index in [1.807, 2.05) is 4.74 Å². The highest BCUT2D eigenvalue weighted by Gasteiger charge is 2.85. The first-order valence-electron chi connectivity index (χ1n) is 9.87. The maximum Gasteiger partial charge on any atom is 0.462 e. The number of hydrogen-bond acceptors (Lipinski definition) is 4.